The van der Waals surface area contributed by atoms with Crippen molar-refractivity contribution in [3.63, 3.8) is 0 Å². The zero-order valence-electron chi connectivity index (χ0n) is 13.3. The number of amides is 1. The van der Waals surface area contributed by atoms with Gasteiger partial charge >= 0.3 is 0 Å². The maximum Gasteiger partial charge on any atom is 0.293 e. The van der Waals surface area contributed by atoms with E-state index in [1.54, 1.807) is 0 Å². The smallest absolute Gasteiger partial charge is 0.293 e. The van der Waals surface area contributed by atoms with Crippen LogP contribution in [-0.2, 0) is 19.1 Å². The van der Waals surface area contributed by atoms with Crippen LogP contribution in [0.25, 0.3) is 0 Å². The zero-order chi connectivity index (χ0) is 17.9. The van der Waals surface area contributed by atoms with Crippen molar-refractivity contribution in [3.8, 4) is 0 Å². The number of carbonyl (C=O) groups excluding carboxylic acids is 2. The van der Waals surface area contributed by atoms with Crippen molar-refractivity contribution < 1.29 is 23.5 Å². The van der Waals surface area contributed by atoms with E-state index in [1.165, 1.54) is 24.3 Å². The van der Waals surface area contributed by atoms with Crippen molar-refractivity contribution in [2.75, 3.05) is 12.5 Å². The van der Waals surface area contributed by atoms with Crippen LogP contribution in [0.2, 0.25) is 0 Å². The van der Waals surface area contributed by atoms with E-state index in [1.807, 2.05) is 26.2 Å². The molecule has 0 aromatic heterocycles. The predicted molar refractivity (Wildman–Crippen MR) is 85.0 cm³/mol. The van der Waals surface area contributed by atoms with Crippen LogP contribution in [0.15, 0.2) is 24.3 Å². The lowest BCUT2D eigenvalue weighted by Gasteiger charge is -2.15. The molecule has 1 atom stereocenters. The van der Waals surface area contributed by atoms with Gasteiger partial charge in [-0.15, -0.1) is 11.6 Å². The van der Waals surface area contributed by atoms with Crippen LogP contribution in [-0.4, -0.2) is 30.5 Å². The molecule has 0 heterocycles. The predicted octanol–water partition coefficient (Wildman–Crippen LogP) is 2.07. The number of halogens is 2. The second kappa shape index (κ2) is 10.9. The largest absolute Gasteiger partial charge is 0.462 e. The van der Waals surface area contributed by atoms with Crippen LogP contribution >= 0.6 is 11.6 Å². The topological polar surface area (TPSA) is 90.6 Å². The highest BCUT2D eigenvalue weighted by Crippen LogP contribution is 2.18. The van der Waals surface area contributed by atoms with Gasteiger partial charge in [0.1, 0.15) is 11.4 Å². The molecule has 0 aliphatic carbocycles. The van der Waals surface area contributed by atoms with Crippen molar-refractivity contribution in [2.45, 2.75) is 32.5 Å². The molecule has 0 spiro atoms. The minimum Gasteiger partial charge on any atom is -0.462 e. The minimum absolute atomic E-state index is 0.205. The first-order chi connectivity index (χ1) is 10.7. The zero-order valence-corrected chi connectivity index (χ0v) is 14.1. The number of ether oxygens (including phenoxy) is 2. The Kier molecular flexibility index (Phi) is 10.1. The number of alkyl halides is 1. The summed E-state index contributed by atoms with van der Waals surface area (Å²) in [5.74, 6) is 4.40. The monoisotopic (exact) mass is 348 g/mol. The Morgan fingerprint density at radius 3 is 2.30 bits per heavy atom. The SMILES string of the molecule is CC(C)(C)OC=O.NNC(=O)C(OCCCl)c1ccc(F)cc1. The lowest BCUT2D eigenvalue weighted by Crippen LogP contribution is -2.36. The Hall–Kier alpha value is -1.70. The first kappa shape index (κ1) is 21.3. The van der Waals surface area contributed by atoms with Gasteiger partial charge in [-0.25, -0.2) is 10.2 Å². The number of benzene rings is 1. The summed E-state index contributed by atoms with van der Waals surface area (Å²) in [5, 5.41) is 0. The molecule has 6 nitrogen and oxygen atoms in total. The highest BCUT2D eigenvalue weighted by Gasteiger charge is 2.20. The Labute approximate surface area is 140 Å². The maximum atomic E-state index is 12.7. The van der Waals surface area contributed by atoms with Gasteiger partial charge in [0, 0.05) is 5.88 Å². The number of nitrogens with two attached hydrogens (primary N) is 1. The van der Waals surface area contributed by atoms with Crippen molar-refractivity contribution in [1.82, 2.24) is 5.43 Å². The van der Waals surface area contributed by atoms with Gasteiger partial charge in [0.2, 0.25) is 0 Å². The summed E-state index contributed by atoms with van der Waals surface area (Å²) in [6, 6.07) is 5.42. The molecule has 0 aliphatic heterocycles. The van der Waals surface area contributed by atoms with Gasteiger partial charge in [-0.2, -0.15) is 0 Å². The van der Waals surface area contributed by atoms with Crippen molar-refractivity contribution >= 4 is 24.0 Å². The van der Waals surface area contributed by atoms with Crippen LogP contribution in [0, 0.1) is 5.82 Å². The number of hydrazine groups is 1. The maximum absolute atomic E-state index is 12.7. The lowest BCUT2D eigenvalue weighted by atomic mass is 10.1. The molecule has 0 fully saturated rings. The quantitative estimate of drug-likeness (QED) is 0.270. The second-order valence-electron chi connectivity index (χ2n) is 5.33. The molecule has 0 saturated heterocycles. The number of hydrogen-bond donors (Lipinski definition) is 2. The Bertz CT molecular complexity index is 477. The molecule has 3 N–H and O–H groups in total. The Morgan fingerprint density at radius 1 is 1.39 bits per heavy atom. The van der Waals surface area contributed by atoms with Gasteiger partial charge in [0.25, 0.3) is 12.4 Å². The molecule has 0 saturated carbocycles. The van der Waals surface area contributed by atoms with E-state index in [-0.39, 0.29) is 23.9 Å². The molecule has 1 aromatic carbocycles. The summed E-state index contributed by atoms with van der Waals surface area (Å²) in [6.07, 6.45) is -0.871. The first-order valence-electron chi connectivity index (χ1n) is 6.80. The Morgan fingerprint density at radius 2 is 1.96 bits per heavy atom. The third-order valence-corrected chi connectivity index (χ3v) is 2.47. The van der Waals surface area contributed by atoms with Crippen LogP contribution in [0.4, 0.5) is 4.39 Å². The summed E-state index contributed by atoms with van der Waals surface area (Å²) < 4.78 is 22.5. The van der Waals surface area contributed by atoms with Gasteiger partial charge in [-0.3, -0.25) is 15.0 Å². The number of carbonyl (C=O) groups is 2. The molecule has 23 heavy (non-hydrogen) atoms. The standard InChI is InChI=1S/C10H12ClFN2O2.C5H10O2/c11-5-6-16-9(10(15)14-13)7-1-3-8(12)4-2-7;1-5(2,3)7-4-6/h1-4,9H,5-6,13H2,(H,14,15);4H,1-3H3. The Balaban J connectivity index is 0.000000585. The summed E-state index contributed by atoms with van der Waals surface area (Å²) >= 11 is 5.46. The molecule has 8 heteroatoms. The fourth-order valence-corrected chi connectivity index (χ4v) is 1.43. The number of rotatable bonds is 6. The van der Waals surface area contributed by atoms with E-state index in [0.717, 1.165) is 0 Å². The average Bonchev–Trinajstić information content (AvgIpc) is 2.48. The number of nitrogens with one attached hydrogen (secondary N) is 1. The van der Waals surface area contributed by atoms with E-state index in [2.05, 4.69) is 4.74 Å². The first-order valence-corrected chi connectivity index (χ1v) is 7.33. The van der Waals surface area contributed by atoms with E-state index < -0.39 is 12.0 Å². The van der Waals surface area contributed by atoms with Gasteiger partial charge in [-0.05, 0) is 38.5 Å². The molecular formula is C15H22ClFN2O4. The summed E-state index contributed by atoms with van der Waals surface area (Å²) in [4.78, 5) is 21.0. The molecule has 1 unspecified atom stereocenters. The van der Waals surface area contributed by atoms with Gasteiger partial charge in [0.05, 0.1) is 6.61 Å². The molecule has 0 radical (unpaired) electrons. The molecular weight excluding hydrogens is 327 g/mol. The van der Waals surface area contributed by atoms with E-state index >= 15 is 0 Å². The fourth-order valence-electron chi connectivity index (χ4n) is 1.34. The lowest BCUT2D eigenvalue weighted by molar-refractivity contribution is -0.138. The van der Waals surface area contributed by atoms with Crippen molar-refractivity contribution in [2.24, 2.45) is 5.84 Å². The molecule has 0 bridgehead atoms. The van der Waals surface area contributed by atoms with E-state index in [9.17, 15) is 14.0 Å². The second-order valence-corrected chi connectivity index (χ2v) is 5.70. The van der Waals surface area contributed by atoms with E-state index in [0.29, 0.717) is 12.0 Å². The summed E-state index contributed by atoms with van der Waals surface area (Å²) in [7, 11) is 0. The minimum atomic E-state index is -0.871. The normalized spacial score (nSPS) is 11.7. The molecule has 0 aliphatic rings. The third kappa shape index (κ3) is 9.83. The molecule has 1 amide bonds. The third-order valence-electron chi connectivity index (χ3n) is 2.32. The van der Waals surface area contributed by atoms with E-state index in [4.69, 9.17) is 22.2 Å². The average molecular weight is 349 g/mol. The molecule has 1 rings (SSSR count). The van der Waals surface area contributed by atoms with Crippen LogP contribution in [0.1, 0.15) is 32.4 Å². The highest BCUT2D eigenvalue weighted by molar-refractivity contribution is 6.17. The summed E-state index contributed by atoms with van der Waals surface area (Å²) in [5.41, 5.74) is 2.19. The summed E-state index contributed by atoms with van der Waals surface area (Å²) in [6.45, 7) is 6.13. The number of hydrogen-bond acceptors (Lipinski definition) is 5. The van der Waals surface area contributed by atoms with Crippen molar-refractivity contribution in [1.29, 1.82) is 0 Å². The molecule has 130 valence electrons. The highest BCUT2D eigenvalue weighted by atomic mass is 35.5. The van der Waals surface area contributed by atoms with Crippen LogP contribution in [0.5, 0.6) is 0 Å². The molecule has 1 aromatic rings. The van der Waals surface area contributed by atoms with Gasteiger partial charge in [0.15, 0.2) is 6.10 Å². The fraction of sp³-hybridized carbons (Fsp3) is 0.467. The van der Waals surface area contributed by atoms with Gasteiger partial charge < -0.3 is 9.47 Å². The van der Waals surface area contributed by atoms with Gasteiger partial charge in [-0.1, -0.05) is 12.1 Å². The van der Waals surface area contributed by atoms with Crippen LogP contribution < -0.4 is 11.3 Å². The van der Waals surface area contributed by atoms with Crippen LogP contribution in [0.3, 0.4) is 0 Å². The van der Waals surface area contributed by atoms with Crippen molar-refractivity contribution in [3.05, 3.63) is 35.6 Å².